The third-order valence-electron chi connectivity index (χ3n) is 21.0. The predicted molar refractivity (Wildman–Crippen MR) is 293 cm³/mol. The smallest absolute Gasteiger partial charge is 0.311 e. The van der Waals surface area contributed by atoms with E-state index in [1.807, 2.05) is 32.6 Å². The van der Waals surface area contributed by atoms with Gasteiger partial charge in [-0.3, -0.25) is 19.3 Å². The molecule has 7 aliphatic rings. The van der Waals surface area contributed by atoms with Gasteiger partial charge in [-0.05, 0) is 149 Å². The first-order valence-corrected chi connectivity index (χ1v) is 29.6. The summed E-state index contributed by atoms with van der Waals surface area (Å²) in [6.07, 6.45) is -4.15. The minimum atomic E-state index is -2.00. The molecule has 4 unspecified atom stereocenters. The Morgan fingerprint density at radius 2 is 1.59 bits per heavy atom. The molecule has 0 bridgehead atoms. The number of carbonyl (C=O) groups excluding carboxylic acids is 3. The Kier molecular flexibility index (Phi) is 19.7. The molecule has 6 fully saturated rings. The van der Waals surface area contributed by atoms with Gasteiger partial charge in [0.1, 0.15) is 30.0 Å². The van der Waals surface area contributed by atoms with E-state index in [0.29, 0.717) is 50.8 Å². The van der Waals surface area contributed by atoms with E-state index in [4.69, 9.17) is 28.4 Å². The van der Waals surface area contributed by atoms with Crippen molar-refractivity contribution in [2.45, 2.75) is 250 Å². The number of hydrogen-bond donors (Lipinski definition) is 8. The normalized spacial score (nSPS) is 50.3. The molecule has 19 heteroatoms. The van der Waals surface area contributed by atoms with Crippen molar-refractivity contribution in [1.29, 1.82) is 0 Å². The molecule has 8 N–H and O–H groups in total. The van der Waals surface area contributed by atoms with Crippen molar-refractivity contribution >= 4 is 17.7 Å². The third-order valence-corrected chi connectivity index (χ3v) is 21.0. The van der Waals surface area contributed by atoms with Crippen LogP contribution in [0.3, 0.4) is 0 Å². The molecule has 0 aromatic carbocycles. The Balaban J connectivity index is 1.14. The second kappa shape index (κ2) is 24.2. The van der Waals surface area contributed by atoms with Crippen LogP contribution >= 0.6 is 0 Å². The van der Waals surface area contributed by atoms with E-state index in [9.17, 15) is 45.0 Å². The molecule has 3 heterocycles. The maximum absolute atomic E-state index is 17.9. The molecule has 1 amide bonds. The van der Waals surface area contributed by atoms with Gasteiger partial charge in [0.05, 0.1) is 47.6 Å². The minimum Gasteiger partial charge on any atom is -0.459 e. The number of nitrogens with zero attached hydrogens (tertiary/aromatic N) is 1. The van der Waals surface area contributed by atoms with Crippen molar-refractivity contribution in [3.05, 3.63) is 23.8 Å². The lowest BCUT2D eigenvalue weighted by atomic mass is 9.45. The highest BCUT2D eigenvalue weighted by atomic mass is 19.1. The highest BCUT2D eigenvalue weighted by Crippen LogP contribution is 2.69. The van der Waals surface area contributed by atoms with Gasteiger partial charge in [0.2, 0.25) is 5.91 Å². The summed E-state index contributed by atoms with van der Waals surface area (Å²) in [5.41, 5.74) is -7.87. The quantitative estimate of drug-likeness (QED) is 0.0977. The van der Waals surface area contributed by atoms with Crippen molar-refractivity contribution in [2.75, 3.05) is 33.8 Å². The molecule has 7 rings (SSSR count). The van der Waals surface area contributed by atoms with E-state index in [-0.39, 0.29) is 67.8 Å². The van der Waals surface area contributed by atoms with Gasteiger partial charge in [-0.25, -0.2) is 4.39 Å². The van der Waals surface area contributed by atoms with Crippen LogP contribution in [0.1, 0.15) is 148 Å². The number of methoxy groups -OCH3 is 1. The van der Waals surface area contributed by atoms with Crippen LogP contribution in [0.5, 0.6) is 0 Å². The van der Waals surface area contributed by atoms with Gasteiger partial charge >= 0.3 is 5.97 Å². The Morgan fingerprint density at radius 3 is 2.24 bits per heavy atom. The molecule has 18 nitrogen and oxygen atoms in total. The SMILES string of the molecule is CC[C@H]1OC(=O)[C@H](C)[C@@H](OC2C[C@@](C)(OC)[C@@H](O)[C@H](C)O2)[C@H](C)[C@@H](OC2O[C@H](C)C[C@H](NC)[C@H]2O)[C@](C)(O)C[C@@H](C)CN(CCCNC(=O)[C@H]2[C@H](C)CC3C4CCC5=CC(=O)C=C[C@]5(C)[C@@]4(F)[C@@H](O)C[C@@]32C)[C@H](C)[C@@H](O)[C@]1(C)O. The molecule has 0 spiro atoms. The van der Waals surface area contributed by atoms with Gasteiger partial charge in [0.15, 0.2) is 24.0 Å². The molecule has 79 heavy (non-hydrogen) atoms. The van der Waals surface area contributed by atoms with Crippen LogP contribution in [0.2, 0.25) is 0 Å². The van der Waals surface area contributed by atoms with Crippen LogP contribution in [0.4, 0.5) is 4.39 Å². The van der Waals surface area contributed by atoms with Crippen molar-refractivity contribution in [3.8, 4) is 0 Å². The monoisotopic (exact) mass is 1120 g/mol. The van der Waals surface area contributed by atoms with Crippen LogP contribution in [-0.2, 0) is 42.8 Å². The first-order chi connectivity index (χ1) is 36.8. The first-order valence-electron chi connectivity index (χ1n) is 29.6. The largest absolute Gasteiger partial charge is 0.459 e. The average molecular weight is 1120 g/mol. The summed E-state index contributed by atoms with van der Waals surface area (Å²) >= 11 is 0. The highest BCUT2D eigenvalue weighted by molar-refractivity contribution is 6.01. The van der Waals surface area contributed by atoms with Crippen LogP contribution in [0, 0.1) is 52.3 Å². The fraction of sp³-hybridized carbons (Fsp3) is 0.883. The highest BCUT2D eigenvalue weighted by Gasteiger charge is 2.72. The van der Waals surface area contributed by atoms with Gasteiger partial charge in [-0.15, -0.1) is 0 Å². The summed E-state index contributed by atoms with van der Waals surface area (Å²) in [5, 5.41) is 78.7. The minimum absolute atomic E-state index is 0.0773. The number of rotatable bonds is 12. The second-order valence-electron chi connectivity index (χ2n) is 26.8. The molecule has 3 saturated heterocycles. The van der Waals surface area contributed by atoms with Gasteiger partial charge in [-0.2, -0.15) is 0 Å². The van der Waals surface area contributed by atoms with E-state index in [0.717, 1.165) is 0 Å². The van der Waals surface area contributed by atoms with Crippen LogP contribution in [-0.4, -0.2) is 189 Å². The number of likely N-dealkylation sites (N-methyl/N-ethyl adjacent to an activating group) is 1. The standard InChI is InChI=1S/C60H100FN3O15/c1-16-44-59(13,73)49(68)36(7)64(23-17-22-63-52(70)46-32(3)24-41-40-19-18-38-26-39(65)20-21-56(38,10)60(40,61)43(66)28-55(41,46)9)30-31(2)27-57(11,72)51(79-54-47(67)42(62-14)25-33(4)75-54)34(5)48(35(6)53(71)77-44)78-45-29-58(12,74-15)50(69)37(8)76-45/h20-21,26,31-37,40-51,54,62,66-69,72-73H,16-19,22-25,27-30H2,1-15H3,(H,63,70)/t31-,32-,33-,34+,35-,36-,37+,40?,41?,42+,43+,44-,45?,46-,47-,48+,49-,50+,51-,54?,55+,56+,57-,58-,59-,60+/m1/s1. The fourth-order valence-electron chi connectivity index (χ4n) is 16.4. The number of hydrogen-bond acceptors (Lipinski definition) is 17. The molecular weight excluding hydrogens is 1020 g/mol. The van der Waals surface area contributed by atoms with Crippen molar-refractivity contribution < 1.29 is 77.8 Å². The first kappa shape index (κ1) is 64.1. The number of alkyl halides is 1. The number of carbonyl (C=O) groups is 3. The second-order valence-corrected chi connectivity index (χ2v) is 26.8. The number of aliphatic hydroxyl groups excluding tert-OH is 4. The van der Waals surface area contributed by atoms with Gasteiger partial charge in [0.25, 0.3) is 0 Å². The molecule has 0 aromatic rings. The Labute approximate surface area is 469 Å². The third kappa shape index (κ3) is 12.0. The zero-order chi connectivity index (χ0) is 58.7. The van der Waals surface area contributed by atoms with Crippen LogP contribution in [0.15, 0.2) is 23.8 Å². The molecule has 4 aliphatic carbocycles. The van der Waals surface area contributed by atoms with Crippen LogP contribution in [0.25, 0.3) is 0 Å². The number of ketones is 1. The number of halogens is 1. The molecule has 452 valence electrons. The topological polar surface area (TPSA) is 255 Å². The van der Waals surface area contributed by atoms with E-state index >= 15 is 4.39 Å². The maximum atomic E-state index is 17.9. The molecule has 0 aromatic heterocycles. The van der Waals surface area contributed by atoms with Crippen molar-refractivity contribution in [3.63, 3.8) is 0 Å². The van der Waals surface area contributed by atoms with E-state index in [1.54, 1.807) is 68.5 Å². The number of esters is 1. The number of amides is 1. The number of ether oxygens (including phenoxy) is 6. The number of allylic oxidation sites excluding steroid dienone is 4. The van der Waals surface area contributed by atoms with Crippen molar-refractivity contribution in [2.24, 2.45) is 52.3 Å². The van der Waals surface area contributed by atoms with Crippen molar-refractivity contribution in [1.82, 2.24) is 15.5 Å². The average Bonchev–Trinajstić information content (AvgIpc) is 2.65. The molecular formula is C60H100FN3O15. The summed E-state index contributed by atoms with van der Waals surface area (Å²) in [4.78, 5) is 43.6. The summed E-state index contributed by atoms with van der Waals surface area (Å²) in [5.74, 6) is -4.64. The summed E-state index contributed by atoms with van der Waals surface area (Å²) in [6.45, 7) is 24.1. The number of cyclic esters (lactones) is 1. The zero-order valence-corrected chi connectivity index (χ0v) is 49.9. The number of fused-ring (bicyclic) bond motifs is 5. The van der Waals surface area contributed by atoms with E-state index in [2.05, 4.69) is 10.6 Å². The molecule has 3 saturated carbocycles. The van der Waals surface area contributed by atoms with E-state index < -0.39 is 136 Å². The van der Waals surface area contributed by atoms with E-state index in [1.165, 1.54) is 26.2 Å². The lowest BCUT2D eigenvalue weighted by Crippen LogP contribution is -2.67. The number of nitrogens with one attached hydrogen (secondary N) is 2. The molecule has 26 atom stereocenters. The maximum Gasteiger partial charge on any atom is 0.311 e. The molecule has 0 radical (unpaired) electrons. The Hall–Kier alpha value is -2.50. The Morgan fingerprint density at radius 1 is 0.911 bits per heavy atom. The summed E-state index contributed by atoms with van der Waals surface area (Å²) in [7, 11) is 3.24. The van der Waals surface area contributed by atoms with Crippen LogP contribution < -0.4 is 10.6 Å². The van der Waals surface area contributed by atoms with Gasteiger partial charge < -0.3 is 69.7 Å². The van der Waals surface area contributed by atoms with Gasteiger partial charge in [-0.1, -0.05) is 46.3 Å². The number of aliphatic hydroxyl groups is 6. The lowest BCUT2D eigenvalue weighted by molar-refractivity contribution is -0.316. The summed E-state index contributed by atoms with van der Waals surface area (Å²) in [6, 6.07) is -1.15. The van der Waals surface area contributed by atoms with Gasteiger partial charge in [0, 0.05) is 68.4 Å². The summed E-state index contributed by atoms with van der Waals surface area (Å²) < 4.78 is 56.0. The zero-order valence-electron chi connectivity index (χ0n) is 49.9. The Bertz CT molecular complexity index is 2220. The molecule has 3 aliphatic heterocycles. The fourth-order valence-corrected chi connectivity index (χ4v) is 16.4. The lowest BCUT2D eigenvalue weighted by Gasteiger charge is -2.61. The predicted octanol–water partition coefficient (Wildman–Crippen LogP) is 4.67.